The Bertz CT molecular complexity index is 554. The molecule has 0 aromatic heterocycles. The van der Waals surface area contributed by atoms with E-state index in [1.807, 2.05) is 0 Å². The Kier molecular flexibility index (Phi) is 3.50. The lowest BCUT2D eigenvalue weighted by Crippen LogP contribution is -2.37. The number of carbonyl (C=O) groups excluding carboxylic acids is 2. The van der Waals surface area contributed by atoms with E-state index in [0.717, 1.165) is 0 Å². The first-order valence-electron chi connectivity index (χ1n) is 5.92. The Hall–Kier alpha value is -2.37. The van der Waals surface area contributed by atoms with Crippen LogP contribution in [-0.2, 0) is 9.59 Å². The smallest absolute Gasteiger partial charge is 0.336 e. The van der Waals surface area contributed by atoms with Gasteiger partial charge in [0.25, 0.3) is 0 Å². The molecule has 6 nitrogen and oxygen atoms in total. The molecule has 0 radical (unpaired) electrons. The highest BCUT2D eigenvalue weighted by Crippen LogP contribution is 2.20. The van der Waals surface area contributed by atoms with E-state index in [1.165, 1.54) is 6.07 Å². The van der Waals surface area contributed by atoms with Crippen LogP contribution in [0.3, 0.4) is 0 Å². The molecule has 2 amide bonds. The molecule has 0 bridgehead atoms. The van der Waals surface area contributed by atoms with Crippen molar-refractivity contribution in [2.45, 2.75) is 25.8 Å². The van der Waals surface area contributed by atoms with E-state index in [0.29, 0.717) is 24.1 Å². The summed E-state index contributed by atoms with van der Waals surface area (Å²) < 4.78 is 0. The summed E-state index contributed by atoms with van der Waals surface area (Å²) in [5.41, 5.74) is 1.09. The number of carbonyl (C=O) groups is 3. The van der Waals surface area contributed by atoms with Crippen molar-refractivity contribution >= 4 is 23.5 Å². The normalized spacial score (nSPS) is 17.9. The number of nitrogens with one attached hydrogen (secondary N) is 2. The molecule has 1 aromatic rings. The van der Waals surface area contributed by atoms with Crippen LogP contribution in [0.4, 0.5) is 5.69 Å². The van der Waals surface area contributed by atoms with E-state index in [1.54, 1.807) is 19.1 Å². The number of benzene rings is 1. The zero-order chi connectivity index (χ0) is 14.0. The van der Waals surface area contributed by atoms with Gasteiger partial charge in [-0.2, -0.15) is 0 Å². The van der Waals surface area contributed by atoms with Gasteiger partial charge >= 0.3 is 5.97 Å². The predicted octanol–water partition coefficient (Wildman–Crippen LogP) is 0.910. The van der Waals surface area contributed by atoms with Gasteiger partial charge in [-0.15, -0.1) is 0 Å². The summed E-state index contributed by atoms with van der Waals surface area (Å²) in [6.07, 6.45) is 0.800. The van der Waals surface area contributed by atoms with Gasteiger partial charge in [0, 0.05) is 12.1 Å². The molecule has 1 aliphatic heterocycles. The lowest BCUT2D eigenvalue weighted by Gasteiger charge is -2.13. The van der Waals surface area contributed by atoms with Crippen LogP contribution >= 0.6 is 0 Å². The quantitative estimate of drug-likeness (QED) is 0.754. The first-order chi connectivity index (χ1) is 8.99. The summed E-state index contributed by atoms with van der Waals surface area (Å²) in [5.74, 6) is -1.50. The minimum Gasteiger partial charge on any atom is -0.478 e. The van der Waals surface area contributed by atoms with Crippen molar-refractivity contribution in [1.29, 1.82) is 0 Å². The maximum atomic E-state index is 11.9. The van der Waals surface area contributed by atoms with Crippen molar-refractivity contribution in [3.8, 4) is 0 Å². The molecule has 1 fully saturated rings. The summed E-state index contributed by atoms with van der Waals surface area (Å²) in [5, 5.41) is 14.2. The third-order valence-corrected chi connectivity index (χ3v) is 3.13. The van der Waals surface area contributed by atoms with E-state index in [4.69, 9.17) is 5.11 Å². The van der Waals surface area contributed by atoms with Gasteiger partial charge in [-0.1, -0.05) is 6.07 Å². The molecule has 0 spiro atoms. The molecule has 0 saturated carbocycles. The largest absolute Gasteiger partial charge is 0.478 e. The Balaban J connectivity index is 2.15. The van der Waals surface area contributed by atoms with Crippen molar-refractivity contribution in [3.05, 3.63) is 29.3 Å². The Labute approximate surface area is 109 Å². The standard InChI is InChI=1S/C13H14N2O4/c1-7-8(13(18)19)3-2-4-9(7)15-12(17)10-5-6-11(16)14-10/h2-4,10H,5-6H2,1H3,(H,14,16)(H,15,17)(H,18,19)/t10-/m1/s1. The number of hydrogen-bond acceptors (Lipinski definition) is 3. The number of anilines is 1. The monoisotopic (exact) mass is 262 g/mol. The average Bonchev–Trinajstić information content (AvgIpc) is 2.78. The maximum absolute atomic E-state index is 11.9. The minimum atomic E-state index is -1.04. The fraction of sp³-hybridized carbons (Fsp3) is 0.308. The van der Waals surface area contributed by atoms with Crippen molar-refractivity contribution < 1.29 is 19.5 Å². The number of hydrogen-bond donors (Lipinski definition) is 3. The van der Waals surface area contributed by atoms with E-state index in [9.17, 15) is 14.4 Å². The third kappa shape index (κ3) is 2.73. The number of carboxylic acids is 1. The zero-order valence-electron chi connectivity index (χ0n) is 10.4. The number of amides is 2. The molecule has 1 aliphatic rings. The summed E-state index contributed by atoms with van der Waals surface area (Å²) in [7, 11) is 0. The van der Waals surface area contributed by atoms with Crippen molar-refractivity contribution in [2.24, 2.45) is 0 Å². The molecule has 0 aliphatic carbocycles. The summed E-state index contributed by atoms with van der Waals surface area (Å²) in [6.45, 7) is 1.63. The van der Waals surface area contributed by atoms with Gasteiger partial charge in [0.15, 0.2) is 0 Å². The first-order valence-corrected chi connectivity index (χ1v) is 5.92. The van der Waals surface area contributed by atoms with Gasteiger partial charge in [-0.3, -0.25) is 9.59 Å². The molecule has 100 valence electrons. The fourth-order valence-corrected chi connectivity index (χ4v) is 2.03. The third-order valence-electron chi connectivity index (χ3n) is 3.13. The zero-order valence-corrected chi connectivity index (χ0v) is 10.4. The summed E-state index contributed by atoms with van der Waals surface area (Å²) in [4.78, 5) is 34.0. The Morgan fingerprint density at radius 1 is 1.42 bits per heavy atom. The SMILES string of the molecule is Cc1c(NC(=O)[C@H]2CCC(=O)N2)cccc1C(=O)O. The molecule has 6 heteroatoms. The topological polar surface area (TPSA) is 95.5 Å². The first kappa shape index (κ1) is 13.1. The van der Waals surface area contributed by atoms with Gasteiger partial charge in [-0.25, -0.2) is 4.79 Å². The average molecular weight is 262 g/mol. The van der Waals surface area contributed by atoms with E-state index >= 15 is 0 Å². The second kappa shape index (κ2) is 5.09. The lowest BCUT2D eigenvalue weighted by molar-refractivity contribution is -0.122. The molecule has 0 unspecified atom stereocenters. The molecule has 1 saturated heterocycles. The van der Waals surface area contributed by atoms with Gasteiger partial charge in [0.2, 0.25) is 11.8 Å². The minimum absolute atomic E-state index is 0.142. The fourth-order valence-electron chi connectivity index (χ4n) is 2.03. The predicted molar refractivity (Wildman–Crippen MR) is 67.9 cm³/mol. The van der Waals surface area contributed by atoms with Crippen LogP contribution < -0.4 is 10.6 Å². The molecular formula is C13H14N2O4. The highest BCUT2D eigenvalue weighted by atomic mass is 16.4. The van der Waals surface area contributed by atoms with Crippen molar-refractivity contribution in [3.63, 3.8) is 0 Å². The van der Waals surface area contributed by atoms with Crippen LogP contribution in [0.15, 0.2) is 18.2 Å². The number of carboxylic acid groups (broad SMARTS) is 1. The molecule has 1 atom stereocenters. The van der Waals surface area contributed by atoms with Gasteiger partial charge in [0.05, 0.1) is 5.56 Å². The van der Waals surface area contributed by atoms with Crippen LogP contribution in [-0.4, -0.2) is 28.9 Å². The number of aromatic carboxylic acids is 1. The second-order valence-corrected chi connectivity index (χ2v) is 4.43. The lowest BCUT2D eigenvalue weighted by atomic mass is 10.1. The van der Waals surface area contributed by atoms with Crippen molar-refractivity contribution in [2.75, 3.05) is 5.32 Å². The van der Waals surface area contributed by atoms with Crippen LogP contribution in [0.1, 0.15) is 28.8 Å². The molecular weight excluding hydrogens is 248 g/mol. The highest BCUT2D eigenvalue weighted by Gasteiger charge is 2.27. The highest BCUT2D eigenvalue weighted by molar-refractivity contribution is 6.00. The molecule has 2 rings (SSSR count). The Morgan fingerprint density at radius 2 is 2.16 bits per heavy atom. The van der Waals surface area contributed by atoms with E-state index < -0.39 is 12.0 Å². The molecule has 1 aromatic carbocycles. The van der Waals surface area contributed by atoms with Crippen LogP contribution in [0.25, 0.3) is 0 Å². The Morgan fingerprint density at radius 3 is 2.74 bits per heavy atom. The molecule has 3 N–H and O–H groups in total. The molecule has 19 heavy (non-hydrogen) atoms. The van der Waals surface area contributed by atoms with Crippen LogP contribution in [0.5, 0.6) is 0 Å². The van der Waals surface area contributed by atoms with Gasteiger partial charge in [-0.05, 0) is 31.0 Å². The van der Waals surface area contributed by atoms with Crippen molar-refractivity contribution in [1.82, 2.24) is 5.32 Å². The summed E-state index contributed by atoms with van der Waals surface area (Å²) in [6, 6.07) is 4.14. The van der Waals surface area contributed by atoms with Gasteiger partial charge in [0.1, 0.15) is 6.04 Å². The van der Waals surface area contributed by atoms with E-state index in [-0.39, 0.29) is 17.4 Å². The maximum Gasteiger partial charge on any atom is 0.336 e. The molecule has 1 heterocycles. The summed E-state index contributed by atoms with van der Waals surface area (Å²) >= 11 is 0. The number of rotatable bonds is 3. The van der Waals surface area contributed by atoms with Crippen LogP contribution in [0, 0.1) is 6.92 Å². The second-order valence-electron chi connectivity index (χ2n) is 4.43. The van der Waals surface area contributed by atoms with Crippen LogP contribution in [0.2, 0.25) is 0 Å². The van der Waals surface area contributed by atoms with E-state index in [2.05, 4.69) is 10.6 Å². The van der Waals surface area contributed by atoms with Gasteiger partial charge < -0.3 is 15.7 Å².